The zero-order valence-corrected chi connectivity index (χ0v) is 15.0. The molecule has 2 atom stereocenters. The Kier molecular flexibility index (Phi) is 5.98. The molecule has 0 radical (unpaired) electrons. The van der Waals surface area contributed by atoms with Crippen LogP contribution in [0.15, 0.2) is 11.3 Å². The van der Waals surface area contributed by atoms with Crippen molar-refractivity contribution in [3.63, 3.8) is 0 Å². The molecular formula is C16H30N6O. The molecule has 1 fully saturated rings. The van der Waals surface area contributed by atoms with E-state index in [1.165, 1.54) is 6.42 Å². The van der Waals surface area contributed by atoms with Crippen LogP contribution >= 0.6 is 0 Å². The first-order valence-electron chi connectivity index (χ1n) is 8.31. The Morgan fingerprint density at radius 3 is 2.83 bits per heavy atom. The molecule has 1 aliphatic heterocycles. The molecule has 23 heavy (non-hydrogen) atoms. The van der Waals surface area contributed by atoms with E-state index in [1.807, 2.05) is 7.05 Å². The quantitative estimate of drug-likeness (QED) is 0.646. The molecule has 2 N–H and O–H groups in total. The van der Waals surface area contributed by atoms with E-state index in [1.54, 1.807) is 18.1 Å². The first-order valence-corrected chi connectivity index (χ1v) is 8.31. The number of aliphatic imine (C=N–C) groups is 1. The number of hydrogen-bond donors (Lipinski definition) is 2. The van der Waals surface area contributed by atoms with Crippen molar-refractivity contribution < 1.29 is 4.74 Å². The van der Waals surface area contributed by atoms with E-state index in [9.17, 15) is 0 Å². The number of ether oxygens (including phenoxy) is 1. The van der Waals surface area contributed by atoms with Crippen LogP contribution in [-0.2, 0) is 18.3 Å². The number of hydrogen-bond acceptors (Lipinski definition) is 4. The van der Waals surface area contributed by atoms with E-state index >= 15 is 0 Å². The summed E-state index contributed by atoms with van der Waals surface area (Å²) < 4.78 is 7.79. The topological polar surface area (TPSA) is 76.4 Å². The molecular weight excluding hydrogens is 292 g/mol. The van der Waals surface area contributed by atoms with Crippen molar-refractivity contribution in [2.75, 3.05) is 20.2 Å². The summed E-state index contributed by atoms with van der Waals surface area (Å²) in [6, 6.07) is 0. The van der Waals surface area contributed by atoms with Crippen LogP contribution in [-0.4, -0.2) is 47.0 Å². The molecule has 7 heteroatoms. The lowest BCUT2D eigenvalue weighted by Gasteiger charge is -2.40. The van der Waals surface area contributed by atoms with Gasteiger partial charge in [-0.2, -0.15) is 5.10 Å². The maximum atomic E-state index is 6.03. The highest BCUT2D eigenvalue weighted by atomic mass is 16.5. The van der Waals surface area contributed by atoms with Gasteiger partial charge in [0.25, 0.3) is 0 Å². The van der Waals surface area contributed by atoms with E-state index < -0.39 is 0 Å². The fourth-order valence-electron chi connectivity index (χ4n) is 3.10. The third-order valence-corrected chi connectivity index (χ3v) is 4.27. The van der Waals surface area contributed by atoms with Crippen LogP contribution in [0, 0.1) is 11.3 Å². The number of guanidine groups is 1. The molecule has 0 aromatic carbocycles. The van der Waals surface area contributed by atoms with E-state index in [0.717, 1.165) is 31.4 Å². The Morgan fingerprint density at radius 1 is 1.43 bits per heavy atom. The average molecular weight is 322 g/mol. The Morgan fingerprint density at radius 2 is 2.22 bits per heavy atom. The van der Waals surface area contributed by atoms with Gasteiger partial charge in [0.2, 0.25) is 0 Å². The molecule has 0 bridgehead atoms. The summed E-state index contributed by atoms with van der Waals surface area (Å²) in [6.07, 6.45) is 4.15. The third-order valence-electron chi connectivity index (χ3n) is 4.27. The number of aromatic nitrogens is 3. The predicted octanol–water partition coefficient (Wildman–Crippen LogP) is 1.32. The minimum atomic E-state index is 0.155. The minimum Gasteiger partial charge on any atom is -0.377 e. The van der Waals surface area contributed by atoms with Crippen LogP contribution in [0.1, 0.15) is 39.4 Å². The standard InChI is InChI=1S/C16H30N6O/c1-16(2,3)14-12(7-6-8-23-14)9-18-15(17-4)19-10-13-20-11-21-22(13)5/h11-12,14H,6-10H2,1-5H3,(H2,17,18,19). The van der Waals surface area contributed by atoms with Gasteiger partial charge in [-0.15, -0.1) is 0 Å². The van der Waals surface area contributed by atoms with Gasteiger partial charge >= 0.3 is 0 Å². The van der Waals surface area contributed by atoms with Crippen molar-refractivity contribution in [1.29, 1.82) is 0 Å². The SMILES string of the molecule is CN=C(NCc1ncnn1C)NCC1CCCOC1C(C)(C)C. The Bertz CT molecular complexity index is 519. The summed E-state index contributed by atoms with van der Waals surface area (Å²) in [6.45, 7) is 9.07. The lowest BCUT2D eigenvalue weighted by Crippen LogP contribution is -2.47. The molecule has 7 nitrogen and oxygen atoms in total. The fraction of sp³-hybridized carbons (Fsp3) is 0.812. The predicted molar refractivity (Wildman–Crippen MR) is 91.1 cm³/mol. The molecule has 0 saturated carbocycles. The maximum Gasteiger partial charge on any atom is 0.191 e. The van der Waals surface area contributed by atoms with Gasteiger partial charge in [-0.25, -0.2) is 4.98 Å². The van der Waals surface area contributed by atoms with Crippen LogP contribution in [0.3, 0.4) is 0 Å². The summed E-state index contributed by atoms with van der Waals surface area (Å²) in [5.74, 6) is 2.16. The van der Waals surface area contributed by atoms with Crippen molar-refractivity contribution in [1.82, 2.24) is 25.4 Å². The van der Waals surface area contributed by atoms with Crippen LogP contribution in [0.25, 0.3) is 0 Å². The molecule has 130 valence electrons. The van der Waals surface area contributed by atoms with Gasteiger partial charge in [-0.05, 0) is 18.3 Å². The maximum absolute atomic E-state index is 6.03. The highest BCUT2D eigenvalue weighted by molar-refractivity contribution is 5.79. The minimum absolute atomic E-state index is 0.155. The van der Waals surface area contributed by atoms with Crippen LogP contribution in [0.2, 0.25) is 0 Å². The van der Waals surface area contributed by atoms with Gasteiger partial charge in [0.1, 0.15) is 12.2 Å². The fourth-order valence-corrected chi connectivity index (χ4v) is 3.10. The van der Waals surface area contributed by atoms with E-state index in [-0.39, 0.29) is 11.5 Å². The summed E-state index contributed by atoms with van der Waals surface area (Å²) in [7, 11) is 3.66. The molecule has 1 aromatic heterocycles. The number of nitrogens with one attached hydrogen (secondary N) is 2. The second-order valence-corrected chi connectivity index (χ2v) is 7.17. The normalized spacial score (nSPS) is 22.9. The van der Waals surface area contributed by atoms with E-state index in [4.69, 9.17) is 4.74 Å². The summed E-state index contributed by atoms with van der Waals surface area (Å²) in [5.41, 5.74) is 0.155. The molecule has 0 aliphatic carbocycles. The van der Waals surface area contributed by atoms with Crippen LogP contribution < -0.4 is 10.6 Å². The van der Waals surface area contributed by atoms with Crippen molar-refractivity contribution >= 4 is 5.96 Å². The zero-order chi connectivity index (χ0) is 16.9. The third kappa shape index (κ3) is 4.92. The van der Waals surface area contributed by atoms with Gasteiger partial charge in [0.05, 0.1) is 12.6 Å². The van der Waals surface area contributed by atoms with Gasteiger partial charge in [0, 0.05) is 33.2 Å². The van der Waals surface area contributed by atoms with Crippen molar-refractivity contribution in [2.24, 2.45) is 23.4 Å². The summed E-state index contributed by atoms with van der Waals surface area (Å²) in [4.78, 5) is 8.49. The second kappa shape index (κ2) is 7.77. The first-order chi connectivity index (χ1) is 10.9. The largest absolute Gasteiger partial charge is 0.377 e. The van der Waals surface area contributed by atoms with Crippen molar-refractivity contribution in [3.05, 3.63) is 12.2 Å². The average Bonchev–Trinajstić information content (AvgIpc) is 2.92. The zero-order valence-electron chi connectivity index (χ0n) is 15.0. The lowest BCUT2D eigenvalue weighted by atomic mass is 9.78. The summed E-state index contributed by atoms with van der Waals surface area (Å²) in [5, 5.41) is 10.8. The summed E-state index contributed by atoms with van der Waals surface area (Å²) >= 11 is 0. The number of nitrogens with zero attached hydrogens (tertiary/aromatic N) is 4. The van der Waals surface area contributed by atoms with Crippen LogP contribution in [0.4, 0.5) is 0 Å². The van der Waals surface area contributed by atoms with Crippen molar-refractivity contribution in [2.45, 2.75) is 46.3 Å². The number of aryl methyl sites for hydroxylation is 1. The highest BCUT2D eigenvalue weighted by Gasteiger charge is 2.35. The second-order valence-electron chi connectivity index (χ2n) is 7.17. The smallest absolute Gasteiger partial charge is 0.191 e. The van der Waals surface area contributed by atoms with Gasteiger partial charge in [-0.1, -0.05) is 20.8 Å². The lowest BCUT2D eigenvalue weighted by molar-refractivity contribution is -0.0835. The molecule has 2 unspecified atom stereocenters. The molecule has 2 heterocycles. The van der Waals surface area contributed by atoms with E-state index in [2.05, 4.69) is 46.5 Å². The van der Waals surface area contributed by atoms with Gasteiger partial charge in [-0.3, -0.25) is 9.67 Å². The highest BCUT2D eigenvalue weighted by Crippen LogP contribution is 2.33. The number of rotatable bonds is 4. The van der Waals surface area contributed by atoms with Gasteiger partial charge in [0.15, 0.2) is 5.96 Å². The Balaban J connectivity index is 1.85. The Hall–Kier alpha value is -1.63. The first kappa shape index (κ1) is 17.7. The van der Waals surface area contributed by atoms with Crippen LogP contribution in [0.5, 0.6) is 0 Å². The van der Waals surface area contributed by atoms with Gasteiger partial charge < -0.3 is 15.4 Å². The van der Waals surface area contributed by atoms with Crippen molar-refractivity contribution in [3.8, 4) is 0 Å². The van der Waals surface area contributed by atoms with E-state index in [0.29, 0.717) is 12.5 Å². The molecule has 0 amide bonds. The molecule has 0 spiro atoms. The Labute approximate surface area is 138 Å². The molecule has 1 aliphatic rings. The molecule has 2 rings (SSSR count). The molecule has 1 saturated heterocycles. The molecule has 1 aromatic rings. The monoisotopic (exact) mass is 322 g/mol.